The van der Waals surface area contributed by atoms with Gasteiger partial charge in [-0.2, -0.15) is 0 Å². The summed E-state index contributed by atoms with van der Waals surface area (Å²) in [5.41, 5.74) is 0. The molecule has 0 heterocycles. The SMILES string of the molecule is CCCCCCC=CCCCCCCCCCC(=O)OC[C@H](COC(=O)CCCCCCCC=CCCCCCCCC)OC(=O)CCCCCCCC=CCCCCCC. The van der Waals surface area contributed by atoms with E-state index in [4.69, 9.17) is 14.2 Å². The van der Waals surface area contributed by atoms with Gasteiger partial charge in [0.1, 0.15) is 13.2 Å². The minimum Gasteiger partial charge on any atom is -0.462 e. The first kappa shape index (κ1) is 58.6. The fourth-order valence-electron chi connectivity index (χ4n) is 7.54. The predicted molar refractivity (Wildman–Crippen MR) is 261 cm³/mol. The van der Waals surface area contributed by atoms with Crippen LogP contribution in [0.2, 0.25) is 0 Å². The van der Waals surface area contributed by atoms with Crippen LogP contribution in [0.1, 0.15) is 278 Å². The number of carbonyl (C=O) groups is 3. The van der Waals surface area contributed by atoms with Crippen molar-refractivity contribution < 1.29 is 28.6 Å². The first-order valence-corrected chi connectivity index (χ1v) is 26.5. The van der Waals surface area contributed by atoms with Gasteiger partial charge in [-0.3, -0.25) is 14.4 Å². The Labute approximate surface area is 378 Å². The highest BCUT2D eigenvalue weighted by molar-refractivity contribution is 5.71. The van der Waals surface area contributed by atoms with E-state index in [-0.39, 0.29) is 31.1 Å². The summed E-state index contributed by atoms with van der Waals surface area (Å²) >= 11 is 0. The molecule has 6 heteroatoms. The predicted octanol–water partition coefficient (Wildman–Crippen LogP) is 17.3. The lowest BCUT2D eigenvalue weighted by Gasteiger charge is -2.18. The van der Waals surface area contributed by atoms with Gasteiger partial charge >= 0.3 is 17.9 Å². The van der Waals surface area contributed by atoms with Crippen molar-refractivity contribution >= 4 is 17.9 Å². The van der Waals surface area contributed by atoms with Crippen molar-refractivity contribution in [2.75, 3.05) is 13.2 Å². The van der Waals surface area contributed by atoms with Gasteiger partial charge in [0, 0.05) is 19.3 Å². The number of unbranched alkanes of at least 4 members (excludes halogenated alkanes) is 31. The molecule has 0 bridgehead atoms. The minimum absolute atomic E-state index is 0.0788. The summed E-state index contributed by atoms with van der Waals surface area (Å²) in [7, 11) is 0. The summed E-state index contributed by atoms with van der Waals surface area (Å²) in [4.78, 5) is 38.0. The van der Waals surface area contributed by atoms with Crippen molar-refractivity contribution in [2.24, 2.45) is 0 Å². The molecule has 0 saturated heterocycles. The third-order valence-electron chi connectivity index (χ3n) is 11.6. The van der Waals surface area contributed by atoms with Gasteiger partial charge in [-0.15, -0.1) is 0 Å². The molecule has 0 aliphatic carbocycles. The summed E-state index contributed by atoms with van der Waals surface area (Å²) in [5.74, 6) is -0.891. The lowest BCUT2D eigenvalue weighted by molar-refractivity contribution is -0.167. The maximum absolute atomic E-state index is 12.8. The number of allylic oxidation sites excluding steroid dienone is 6. The normalized spacial score (nSPS) is 12.2. The average Bonchev–Trinajstić information content (AvgIpc) is 3.26. The number of hydrogen-bond donors (Lipinski definition) is 0. The number of esters is 3. The van der Waals surface area contributed by atoms with E-state index < -0.39 is 6.10 Å². The second-order valence-corrected chi connectivity index (χ2v) is 17.8. The first-order valence-electron chi connectivity index (χ1n) is 26.5. The second kappa shape index (κ2) is 50.3. The van der Waals surface area contributed by atoms with Gasteiger partial charge in [0.05, 0.1) is 0 Å². The van der Waals surface area contributed by atoms with E-state index in [0.717, 1.165) is 77.0 Å². The van der Waals surface area contributed by atoms with Gasteiger partial charge in [0.2, 0.25) is 0 Å². The van der Waals surface area contributed by atoms with Crippen LogP contribution in [0.4, 0.5) is 0 Å². The molecule has 0 saturated carbocycles. The highest BCUT2D eigenvalue weighted by Crippen LogP contribution is 2.15. The van der Waals surface area contributed by atoms with E-state index in [0.29, 0.717) is 19.3 Å². The molecule has 1 atom stereocenters. The molecule has 0 aromatic carbocycles. The lowest BCUT2D eigenvalue weighted by atomic mass is 10.1. The van der Waals surface area contributed by atoms with Crippen LogP contribution in [0.15, 0.2) is 36.5 Å². The molecule has 6 nitrogen and oxygen atoms in total. The summed E-state index contributed by atoms with van der Waals surface area (Å²) < 4.78 is 16.8. The molecule has 0 unspecified atom stereocenters. The van der Waals surface area contributed by atoms with Crippen molar-refractivity contribution in [2.45, 2.75) is 284 Å². The minimum atomic E-state index is -0.779. The van der Waals surface area contributed by atoms with E-state index in [1.165, 1.54) is 161 Å². The molecule has 0 aliphatic heterocycles. The Morgan fingerprint density at radius 1 is 0.311 bits per heavy atom. The first-order chi connectivity index (χ1) is 30.0. The molecule has 0 aromatic heterocycles. The standard InChI is InChI=1S/C55H100O6/c1-4-7-10-13-16-19-22-25-27-30-32-35-38-41-44-47-53(56)59-50-52(61-55(58)49-46-43-40-37-34-29-24-21-18-15-12-9-6-3)51-60-54(57)48-45-42-39-36-33-31-28-26-23-20-17-14-11-8-5-2/h19,21-22,24,26,28,52H,4-18,20,23,25,27,29-51H2,1-3H3/t52-/m1/s1. The number of rotatable bonds is 48. The Morgan fingerprint density at radius 3 is 0.836 bits per heavy atom. The summed E-state index contributed by atoms with van der Waals surface area (Å²) in [6, 6.07) is 0. The van der Waals surface area contributed by atoms with E-state index in [1.54, 1.807) is 0 Å². The molecule has 0 radical (unpaired) electrons. The Hall–Kier alpha value is -2.37. The fourth-order valence-corrected chi connectivity index (χ4v) is 7.54. The zero-order valence-electron chi connectivity index (χ0n) is 40.7. The van der Waals surface area contributed by atoms with Crippen molar-refractivity contribution in [1.82, 2.24) is 0 Å². The average molecular weight is 857 g/mol. The third-order valence-corrected chi connectivity index (χ3v) is 11.6. The van der Waals surface area contributed by atoms with Crippen LogP contribution in [-0.2, 0) is 28.6 Å². The number of ether oxygens (including phenoxy) is 3. The largest absolute Gasteiger partial charge is 0.462 e. The number of carbonyl (C=O) groups excluding carboxylic acids is 3. The topological polar surface area (TPSA) is 78.9 Å². The molecule has 0 N–H and O–H groups in total. The Morgan fingerprint density at radius 2 is 0.541 bits per heavy atom. The zero-order chi connectivity index (χ0) is 44.4. The smallest absolute Gasteiger partial charge is 0.306 e. The van der Waals surface area contributed by atoms with Crippen LogP contribution in [0.3, 0.4) is 0 Å². The Kier molecular flexibility index (Phi) is 48.3. The molecule has 356 valence electrons. The molecule has 0 spiro atoms. The monoisotopic (exact) mass is 857 g/mol. The van der Waals surface area contributed by atoms with Crippen LogP contribution in [-0.4, -0.2) is 37.2 Å². The second-order valence-electron chi connectivity index (χ2n) is 17.8. The van der Waals surface area contributed by atoms with Crippen LogP contribution >= 0.6 is 0 Å². The van der Waals surface area contributed by atoms with Gasteiger partial charge in [0.25, 0.3) is 0 Å². The van der Waals surface area contributed by atoms with Crippen molar-refractivity contribution in [3.05, 3.63) is 36.5 Å². The molecule has 0 aliphatic rings. The van der Waals surface area contributed by atoms with Crippen LogP contribution in [0.5, 0.6) is 0 Å². The van der Waals surface area contributed by atoms with Gasteiger partial charge < -0.3 is 14.2 Å². The van der Waals surface area contributed by atoms with Crippen LogP contribution in [0, 0.1) is 0 Å². The molecule has 0 amide bonds. The van der Waals surface area contributed by atoms with E-state index in [9.17, 15) is 14.4 Å². The van der Waals surface area contributed by atoms with Crippen molar-refractivity contribution in [3.8, 4) is 0 Å². The van der Waals surface area contributed by atoms with Gasteiger partial charge in [-0.25, -0.2) is 0 Å². The maximum Gasteiger partial charge on any atom is 0.306 e. The summed E-state index contributed by atoms with van der Waals surface area (Å²) in [5, 5.41) is 0. The lowest BCUT2D eigenvalue weighted by Crippen LogP contribution is -2.30. The van der Waals surface area contributed by atoms with Crippen molar-refractivity contribution in [3.63, 3.8) is 0 Å². The van der Waals surface area contributed by atoms with E-state index in [2.05, 4.69) is 57.2 Å². The molecule has 0 aromatic rings. The van der Waals surface area contributed by atoms with Gasteiger partial charge in [0.15, 0.2) is 6.10 Å². The zero-order valence-corrected chi connectivity index (χ0v) is 40.7. The number of hydrogen-bond acceptors (Lipinski definition) is 6. The van der Waals surface area contributed by atoms with Gasteiger partial charge in [-0.1, -0.05) is 198 Å². The quantitative estimate of drug-likeness (QED) is 0.0262. The maximum atomic E-state index is 12.8. The van der Waals surface area contributed by atoms with Crippen LogP contribution < -0.4 is 0 Å². The van der Waals surface area contributed by atoms with Gasteiger partial charge in [-0.05, 0) is 96.3 Å². The van der Waals surface area contributed by atoms with Crippen LogP contribution in [0.25, 0.3) is 0 Å². The molecule has 61 heavy (non-hydrogen) atoms. The third kappa shape index (κ3) is 48.5. The van der Waals surface area contributed by atoms with E-state index in [1.807, 2.05) is 0 Å². The summed E-state index contributed by atoms with van der Waals surface area (Å²) in [6.45, 7) is 6.61. The fraction of sp³-hybridized carbons (Fsp3) is 0.836. The van der Waals surface area contributed by atoms with E-state index >= 15 is 0 Å². The Bertz CT molecular complexity index is 1030. The Balaban J connectivity index is 4.38. The summed E-state index contributed by atoms with van der Waals surface area (Å²) in [6.07, 6.45) is 58.3. The molecule has 0 rings (SSSR count). The molecular weight excluding hydrogens is 757 g/mol. The van der Waals surface area contributed by atoms with Crippen molar-refractivity contribution in [1.29, 1.82) is 0 Å². The highest BCUT2D eigenvalue weighted by atomic mass is 16.6. The molecular formula is C55H100O6. The highest BCUT2D eigenvalue weighted by Gasteiger charge is 2.19. The molecule has 0 fully saturated rings.